The van der Waals surface area contributed by atoms with Crippen LogP contribution in [0.4, 0.5) is 0 Å². The Hall–Kier alpha value is -0.820. The van der Waals surface area contributed by atoms with Crippen molar-refractivity contribution in [2.75, 3.05) is 6.54 Å². The highest BCUT2D eigenvalue weighted by Gasteiger charge is 2.00. The highest BCUT2D eigenvalue weighted by Crippen LogP contribution is 2.18. The minimum atomic E-state index is 0.737. The Bertz CT molecular complexity index is 199. The second kappa shape index (κ2) is 5.78. The van der Waals surface area contributed by atoms with Crippen LogP contribution in [0.3, 0.4) is 0 Å². The molecule has 0 aromatic carbocycles. The quantitative estimate of drug-likeness (QED) is 0.623. The van der Waals surface area contributed by atoms with Crippen LogP contribution >= 0.6 is 0 Å². The van der Waals surface area contributed by atoms with Gasteiger partial charge < -0.3 is 5.73 Å². The maximum Gasteiger partial charge on any atom is -0.00741 e. The van der Waals surface area contributed by atoms with Gasteiger partial charge >= 0.3 is 0 Å². The maximum absolute atomic E-state index is 5.44. The zero-order valence-electron chi connectivity index (χ0n) is 8.19. The van der Waals surface area contributed by atoms with Crippen LogP contribution in [0, 0.1) is 0 Å². The summed E-state index contributed by atoms with van der Waals surface area (Å²) in [4.78, 5) is 0. The van der Waals surface area contributed by atoms with Crippen molar-refractivity contribution in [3.05, 3.63) is 36.0 Å². The third kappa shape index (κ3) is 3.54. The topological polar surface area (TPSA) is 26.0 Å². The van der Waals surface area contributed by atoms with Gasteiger partial charge in [-0.1, -0.05) is 24.8 Å². The Balaban J connectivity index is 4.43. The van der Waals surface area contributed by atoms with E-state index in [0.29, 0.717) is 0 Å². The van der Waals surface area contributed by atoms with E-state index >= 15 is 0 Å². The lowest BCUT2D eigenvalue weighted by molar-refractivity contribution is 0.823. The lowest BCUT2D eigenvalue weighted by Crippen LogP contribution is -2.00. The van der Waals surface area contributed by atoms with Crippen molar-refractivity contribution < 1.29 is 0 Å². The molecule has 12 heavy (non-hydrogen) atoms. The summed E-state index contributed by atoms with van der Waals surface area (Å²) >= 11 is 0. The van der Waals surface area contributed by atoms with Crippen molar-refractivity contribution in [1.82, 2.24) is 0 Å². The fourth-order valence-corrected chi connectivity index (χ4v) is 1.15. The number of rotatable bonds is 5. The standard InChI is InChI=1S/C11H19N/c1-5-10(4)11(9(2)3)7-6-8-12/h5H,1-2,6-8,12H2,3-4H3/b11-10-. The minimum absolute atomic E-state index is 0.737. The van der Waals surface area contributed by atoms with Gasteiger partial charge in [0.2, 0.25) is 0 Å². The fraction of sp³-hybridized carbons (Fsp3) is 0.455. The molecule has 0 aromatic heterocycles. The van der Waals surface area contributed by atoms with Gasteiger partial charge in [0.25, 0.3) is 0 Å². The molecular weight excluding hydrogens is 146 g/mol. The smallest absolute Gasteiger partial charge is 0.00741 e. The summed E-state index contributed by atoms with van der Waals surface area (Å²) in [5.41, 5.74) is 9.09. The van der Waals surface area contributed by atoms with E-state index in [2.05, 4.69) is 20.1 Å². The lowest BCUT2D eigenvalue weighted by atomic mass is 9.98. The number of hydrogen-bond acceptors (Lipinski definition) is 1. The fourth-order valence-electron chi connectivity index (χ4n) is 1.15. The zero-order chi connectivity index (χ0) is 9.56. The van der Waals surface area contributed by atoms with Crippen LogP contribution in [0.25, 0.3) is 0 Å². The molecule has 0 spiro atoms. The molecule has 2 N–H and O–H groups in total. The Kier molecular flexibility index (Phi) is 5.39. The van der Waals surface area contributed by atoms with Crippen LogP contribution in [-0.4, -0.2) is 6.54 Å². The van der Waals surface area contributed by atoms with Gasteiger partial charge in [0.15, 0.2) is 0 Å². The molecule has 1 nitrogen and oxygen atoms in total. The van der Waals surface area contributed by atoms with Crippen molar-refractivity contribution in [3.63, 3.8) is 0 Å². The summed E-state index contributed by atoms with van der Waals surface area (Å²) in [6.07, 6.45) is 3.91. The molecule has 0 atom stereocenters. The summed E-state index contributed by atoms with van der Waals surface area (Å²) in [6.45, 7) is 12.5. The molecule has 1 heteroatoms. The second-order valence-corrected chi connectivity index (χ2v) is 3.04. The van der Waals surface area contributed by atoms with Gasteiger partial charge in [0.05, 0.1) is 0 Å². The van der Waals surface area contributed by atoms with E-state index in [4.69, 9.17) is 5.73 Å². The van der Waals surface area contributed by atoms with E-state index in [1.807, 2.05) is 13.0 Å². The average Bonchev–Trinajstić information content (AvgIpc) is 2.04. The lowest BCUT2D eigenvalue weighted by Gasteiger charge is -2.08. The molecule has 0 saturated heterocycles. The largest absolute Gasteiger partial charge is 0.330 e. The number of nitrogens with two attached hydrogens (primary N) is 1. The number of allylic oxidation sites excluding steroid dienone is 4. The van der Waals surface area contributed by atoms with Gasteiger partial charge in [-0.2, -0.15) is 0 Å². The second-order valence-electron chi connectivity index (χ2n) is 3.04. The summed E-state index contributed by atoms with van der Waals surface area (Å²) in [7, 11) is 0. The average molecular weight is 165 g/mol. The first-order valence-electron chi connectivity index (χ1n) is 4.31. The van der Waals surface area contributed by atoms with Gasteiger partial charge in [0, 0.05) is 0 Å². The Morgan fingerprint density at radius 1 is 1.42 bits per heavy atom. The van der Waals surface area contributed by atoms with Gasteiger partial charge in [-0.3, -0.25) is 0 Å². The summed E-state index contributed by atoms with van der Waals surface area (Å²) in [5, 5.41) is 0. The van der Waals surface area contributed by atoms with E-state index in [0.717, 1.165) is 25.0 Å². The van der Waals surface area contributed by atoms with E-state index in [1.165, 1.54) is 11.1 Å². The molecule has 0 aromatic rings. The minimum Gasteiger partial charge on any atom is -0.330 e. The normalized spacial score (nSPS) is 12.2. The maximum atomic E-state index is 5.44. The molecule has 68 valence electrons. The third-order valence-corrected chi connectivity index (χ3v) is 1.93. The van der Waals surface area contributed by atoms with Crippen molar-refractivity contribution in [1.29, 1.82) is 0 Å². The highest BCUT2D eigenvalue weighted by molar-refractivity contribution is 5.35. The van der Waals surface area contributed by atoms with Crippen LogP contribution < -0.4 is 5.73 Å². The van der Waals surface area contributed by atoms with Crippen molar-refractivity contribution >= 4 is 0 Å². The van der Waals surface area contributed by atoms with Gasteiger partial charge in [0.1, 0.15) is 0 Å². The van der Waals surface area contributed by atoms with Crippen molar-refractivity contribution in [2.45, 2.75) is 26.7 Å². The zero-order valence-corrected chi connectivity index (χ0v) is 8.19. The summed E-state index contributed by atoms with van der Waals surface area (Å²) in [6, 6.07) is 0. The van der Waals surface area contributed by atoms with Gasteiger partial charge in [-0.25, -0.2) is 0 Å². The predicted molar refractivity (Wildman–Crippen MR) is 56.0 cm³/mol. The molecule has 0 aliphatic heterocycles. The molecule has 0 aliphatic carbocycles. The van der Waals surface area contributed by atoms with Crippen LogP contribution in [0.5, 0.6) is 0 Å². The van der Waals surface area contributed by atoms with Crippen LogP contribution in [0.15, 0.2) is 36.0 Å². The van der Waals surface area contributed by atoms with E-state index in [1.54, 1.807) is 0 Å². The van der Waals surface area contributed by atoms with Crippen molar-refractivity contribution in [3.8, 4) is 0 Å². The van der Waals surface area contributed by atoms with Gasteiger partial charge in [-0.15, -0.1) is 0 Å². The Labute approximate surface area is 75.7 Å². The predicted octanol–water partition coefficient (Wildman–Crippen LogP) is 2.80. The summed E-state index contributed by atoms with van der Waals surface area (Å²) < 4.78 is 0. The first kappa shape index (κ1) is 11.2. The van der Waals surface area contributed by atoms with Gasteiger partial charge in [-0.05, 0) is 44.4 Å². The van der Waals surface area contributed by atoms with Crippen LogP contribution in [0.2, 0.25) is 0 Å². The monoisotopic (exact) mass is 165 g/mol. The molecule has 0 unspecified atom stereocenters. The van der Waals surface area contributed by atoms with E-state index in [-0.39, 0.29) is 0 Å². The molecule has 0 saturated carbocycles. The molecular formula is C11H19N. The molecule has 0 fully saturated rings. The highest BCUT2D eigenvalue weighted by atomic mass is 14.5. The third-order valence-electron chi connectivity index (χ3n) is 1.93. The summed E-state index contributed by atoms with van der Waals surface area (Å²) in [5.74, 6) is 0. The first-order valence-corrected chi connectivity index (χ1v) is 4.31. The Morgan fingerprint density at radius 2 is 2.00 bits per heavy atom. The molecule has 0 aliphatic rings. The number of hydrogen-bond donors (Lipinski definition) is 1. The molecule has 0 radical (unpaired) electrons. The first-order chi connectivity index (χ1) is 5.63. The molecule has 0 amide bonds. The van der Waals surface area contributed by atoms with Crippen molar-refractivity contribution in [2.24, 2.45) is 5.73 Å². The van der Waals surface area contributed by atoms with Crippen LogP contribution in [0.1, 0.15) is 26.7 Å². The molecule has 0 rings (SSSR count). The van der Waals surface area contributed by atoms with Crippen LogP contribution in [-0.2, 0) is 0 Å². The van der Waals surface area contributed by atoms with E-state index in [9.17, 15) is 0 Å². The van der Waals surface area contributed by atoms with E-state index < -0.39 is 0 Å². The SMILES string of the molecule is C=C/C(C)=C(/CCCN)C(=C)C. The molecule has 0 heterocycles. The Morgan fingerprint density at radius 3 is 2.33 bits per heavy atom. The molecule has 0 bridgehead atoms.